The molecule has 0 spiro atoms. The Morgan fingerprint density at radius 3 is 2.88 bits per heavy atom. The fourth-order valence-corrected chi connectivity index (χ4v) is 3.96. The summed E-state index contributed by atoms with van der Waals surface area (Å²) in [5, 5.41) is 3.33. The van der Waals surface area contributed by atoms with E-state index in [2.05, 4.69) is 10.0 Å². The molecule has 136 valence electrons. The first-order chi connectivity index (χ1) is 11.5. The maximum atomic E-state index is 12.5. The number of hydrogen-bond acceptors (Lipinski definition) is 5. The summed E-state index contributed by atoms with van der Waals surface area (Å²) in [4.78, 5) is 0.0651. The van der Waals surface area contributed by atoms with Crippen LogP contribution >= 0.6 is 11.6 Å². The fraction of sp³-hybridized carbons (Fsp3) is 0.625. The highest BCUT2D eigenvalue weighted by atomic mass is 35.5. The summed E-state index contributed by atoms with van der Waals surface area (Å²) in [5.74, 6) is 0.301. The number of nitrogens with one attached hydrogen (secondary N) is 2. The molecule has 24 heavy (non-hydrogen) atoms. The Bertz CT molecular complexity index is 619. The number of hydrogen-bond donors (Lipinski definition) is 2. The highest BCUT2D eigenvalue weighted by molar-refractivity contribution is 7.89. The minimum Gasteiger partial charge on any atom is -0.489 e. The van der Waals surface area contributed by atoms with E-state index in [0.717, 1.165) is 32.4 Å². The summed E-state index contributed by atoms with van der Waals surface area (Å²) in [7, 11) is -1.85. The van der Waals surface area contributed by atoms with Gasteiger partial charge in [0.05, 0.1) is 6.10 Å². The van der Waals surface area contributed by atoms with Crippen LogP contribution < -0.4 is 14.8 Å². The lowest BCUT2D eigenvalue weighted by Crippen LogP contribution is -2.28. The maximum Gasteiger partial charge on any atom is 0.244 e. The van der Waals surface area contributed by atoms with Crippen molar-refractivity contribution in [3.05, 3.63) is 23.2 Å². The van der Waals surface area contributed by atoms with Crippen LogP contribution in [-0.2, 0) is 14.8 Å². The van der Waals surface area contributed by atoms with E-state index in [1.165, 1.54) is 6.07 Å². The summed E-state index contributed by atoms with van der Waals surface area (Å²) >= 11 is 5.97. The molecule has 1 aliphatic rings. The fourth-order valence-electron chi connectivity index (χ4n) is 2.48. The maximum absolute atomic E-state index is 12.5. The second-order valence-corrected chi connectivity index (χ2v) is 7.92. The summed E-state index contributed by atoms with van der Waals surface area (Å²) in [6, 6.07) is 4.63. The molecule has 0 aromatic heterocycles. The van der Waals surface area contributed by atoms with E-state index < -0.39 is 10.0 Å². The highest BCUT2D eigenvalue weighted by Gasteiger charge is 2.21. The molecule has 0 aliphatic carbocycles. The van der Waals surface area contributed by atoms with Crippen molar-refractivity contribution >= 4 is 21.6 Å². The van der Waals surface area contributed by atoms with Crippen molar-refractivity contribution in [2.24, 2.45) is 0 Å². The van der Waals surface area contributed by atoms with Crippen LogP contribution in [0.3, 0.4) is 0 Å². The minimum absolute atomic E-state index is 0.00794. The lowest BCUT2D eigenvalue weighted by molar-refractivity contribution is -0.0116. The van der Waals surface area contributed by atoms with Crippen molar-refractivity contribution in [2.75, 3.05) is 33.4 Å². The van der Waals surface area contributed by atoms with Crippen LogP contribution in [0.1, 0.15) is 25.7 Å². The van der Waals surface area contributed by atoms with Gasteiger partial charge < -0.3 is 14.8 Å². The van der Waals surface area contributed by atoms with Gasteiger partial charge >= 0.3 is 0 Å². The molecule has 1 unspecified atom stereocenters. The van der Waals surface area contributed by atoms with Gasteiger partial charge in [-0.15, -0.1) is 0 Å². The Balaban J connectivity index is 2.05. The molecule has 1 saturated heterocycles. The Labute approximate surface area is 148 Å². The average Bonchev–Trinajstić information content (AvgIpc) is 2.58. The van der Waals surface area contributed by atoms with Crippen molar-refractivity contribution in [1.29, 1.82) is 0 Å². The van der Waals surface area contributed by atoms with Crippen molar-refractivity contribution in [3.63, 3.8) is 0 Å². The SMILES string of the molecule is CNCCCNS(=O)(=O)c1cc(Cl)ccc1OCC1CCCCO1. The first-order valence-electron chi connectivity index (χ1n) is 8.21. The standard InChI is InChI=1S/C16H25ClN2O4S/c1-18-8-4-9-19-24(20,21)16-11-13(17)6-7-15(16)23-12-14-5-2-3-10-22-14/h6-7,11,14,18-19H,2-5,8-10,12H2,1H3. The molecule has 1 atom stereocenters. The van der Waals surface area contributed by atoms with Crippen molar-refractivity contribution in [2.45, 2.75) is 36.7 Å². The number of ether oxygens (including phenoxy) is 2. The van der Waals surface area contributed by atoms with Crippen LogP contribution in [0.5, 0.6) is 5.75 Å². The summed E-state index contributed by atoms with van der Waals surface area (Å²) in [6.07, 6.45) is 3.80. The normalized spacial score (nSPS) is 18.5. The molecule has 0 saturated carbocycles. The average molecular weight is 377 g/mol. The van der Waals surface area contributed by atoms with E-state index in [-0.39, 0.29) is 11.0 Å². The summed E-state index contributed by atoms with van der Waals surface area (Å²) < 4.78 is 39.0. The zero-order valence-corrected chi connectivity index (χ0v) is 15.5. The molecule has 2 rings (SSSR count). The van der Waals surface area contributed by atoms with Crippen LogP contribution in [0.15, 0.2) is 23.1 Å². The zero-order chi connectivity index (χ0) is 17.4. The van der Waals surface area contributed by atoms with E-state index in [1.807, 2.05) is 7.05 Å². The van der Waals surface area contributed by atoms with Crippen molar-refractivity contribution in [1.82, 2.24) is 10.0 Å². The Morgan fingerprint density at radius 2 is 2.17 bits per heavy atom. The van der Waals surface area contributed by atoms with Crippen molar-refractivity contribution < 1.29 is 17.9 Å². The van der Waals surface area contributed by atoms with Gasteiger partial charge in [-0.25, -0.2) is 13.1 Å². The van der Waals surface area contributed by atoms with Crippen LogP contribution in [0.25, 0.3) is 0 Å². The van der Waals surface area contributed by atoms with Gasteiger partial charge in [-0.1, -0.05) is 11.6 Å². The monoisotopic (exact) mass is 376 g/mol. The molecule has 6 nitrogen and oxygen atoms in total. The topological polar surface area (TPSA) is 76.7 Å². The highest BCUT2D eigenvalue weighted by Crippen LogP contribution is 2.28. The van der Waals surface area contributed by atoms with Gasteiger partial charge in [-0.3, -0.25) is 0 Å². The molecule has 1 aromatic carbocycles. The van der Waals surface area contributed by atoms with Gasteiger partial charge in [-0.2, -0.15) is 0 Å². The Morgan fingerprint density at radius 1 is 1.33 bits per heavy atom. The van der Waals surface area contributed by atoms with Crippen LogP contribution in [-0.4, -0.2) is 47.9 Å². The lowest BCUT2D eigenvalue weighted by atomic mass is 10.1. The third-order valence-electron chi connectivity index (χ3n) is 3.79. The molecule has 2 N–H and O–H groups in total. The molecule has 0 radical (unpaired) electrons. The third-order valence-corrected chi connectivity index (χ3v) is 5.51. The number of sulfonamides is 1. The number of halogens is 1. The van der Waals surface area contributed by atoms with E-state index >= 15 is 0 Å². The van der Waals surface area contributed by atoms with Gasteiger partial charge in [-0.05, 0) is 57.5 Å². The second-order valence-electron chi connectivity index (χ2n) is 5.75. The second kappa shape index (κ2) is 9.58. The molecule has 1 aromatic rings. The van der Waals surface area contributed by atoms with Gasteiger partial charge in [0.2, 0.25) is 10.0 Å². The van der Waals surface area contributed by atoms with E-state index in [0.29, 0.717) is 30.3 Å². The van der Waals surface area contributed by atoms with Crippen molar-refractivity contribution in [3.8, 4) is 5.75 Å². The van der Waals surface area contributed by atoms with E-state index in [9.17, 15) is 8.42 Å². The minimum atomic E-state index is -3.67. The molecule has 1 heterocycles. The molecule has 0 amide bonds. The predicted octanol–water partition coefficient (Wildman–Crippen LogP) is 2.18. The first-order valence-corrected chi connectivity index (χ1v) is 10.1. The van der Waals surface area contributed by atoms with E-state index in [4.69, 9.17) is 21.1 Å². The molecule has 0 bridgehead atoms. The first kappa shape index (κ1) is 19.5. The molecule has 8 heteroatoms. The largest absolute Gasteiger partial charge is 0.489 e. The Kier molecular flexibility index (Phi) is 7.77. The number of benzene rings is 1. The molecule has 1 aliphatic heterocycles. The molecular formula is C16H25ClN2O4S. The smallest absolute Gasteiger partial charge is 0.244 e. The van der Waals surface area contributed by atoms with Crippen LogP contribution in [0.2, 0.25) is 5.02 Å². The molecule has 1 fully saturated rings. The molecular weight excluding hydrogens is 352 g/mol. The van der Waals surface area contributed by atoms with Gasteiger partial charge in [0.15, 0.2) is 0 Å². The summed E-state index contributed by atoms with van der Waals surface area (Å²) in [5.41, 5.74) is 0. The van der Waals surface area contributed by atoms with E-state index in [1.54, 1.807) is 12.1 Å². The van der Waals surface area contributed by atoms with Crippen LogP contribution in [0, 0.1) is 0 Å². The zero-order valence-electron chi connectivity index (χ0n) is 13.9. The van der Waals surface area contributed by atoms with Crippen LogP contribution in [0.4, 0.5) is 0 Å². The third kappa shape index (κ3) is 5.89. The quantitative estimate of drug-likeness (QED) is 0.646. The lowest BCUT2D eigenvalue weighted by Gasteiger charge is -2.23. The van der Waals surface area contributed by atoms with Gasteiger partial charge in [0, 0.05) is 18.2 Å². The van der Waals surface area contributed by atoms with Gasteiger partial charge in [0.25, 0.3) is 0 Å². The summed E-state index contributed by atoms with van der Waals surface area (Å²) in [6.45, 7) is 2.15. The van der Waals surface area contributed by atoms with Gasteiger partial charge in [0.1, 0.15) is 17.3 Å². The predicted molar refractivity (Wildman–Crippen MR) is 94.3 cm³/mol. The Hall–Kier alpha value is -0.860. The number of rotatable bonds is 9.